The van der Waals surface area contributed by atoms with E-state index in [-0.39, 0.29) is 0 Å². The summed E-state index contributed by atoms with van der Waals surface area (Å²) in [5.41, 5.74) is 0. The average Bonchev–Trinajstić information content (AvgIpc) is 2.65. The van der Waals surface area contributed by atoms with Crippen LogP contribution in [0.3, 0.4) is 0 Å². The van der Waals surface area contributed by atoms with E-state index in [1.165, 1.54) is 25.7 Å². The van der Waals surface area contributed by atoms with Crippen molar-refractivity contribution in [3.05, 3.63) is 24.9 Å². The van der Waals surface area contributed by atoms with Crippen LogP contribution in [0, 0.1) is 0 Å². The van der Waals surface area contributed by atoms with Crippen molar-refractivity contribution in [3.63, 3.8) is 0 Å². The molecule has 0 spiro atoms. The first kappa shape index (κ1) is 11.9. The molecule has 1 fully saturated rings. The molecule has 1 aromatic heterocycles. The van der Waals surface area contributed by atoms with Crippen molar-refractivity contribution >= 4 is 11.8 Å². The fourth-order valence-electron chi connectivity index (χ4n) is 2.07. The quantitative estimate of drug-likeness (QED) is 0.810. The van der Waals surface area contributed by atoms with Gasteiger partial charge < -0.3 is 10.2 Å². The maximum Gasteiger partial charge on any atom is 0.224 e. The molecule has 0 aliphatic carbocycles. The van der Waals surface area contributed by atoms with Gasteiger partial charge in [-0.15, -0.1) is 6.58 Å². The van der Waals surface area contributed by atoms with Gasteiger partial charge in [0, 0.05) is 25.8 Å². The first-order valence-corrected chi connectivity index (χ1v) is 6.33. The summed E-state index contributed by atoms with van der Waals surface area (Å²) in [7, 11) is 0. The molecule has 1 aromatic rings. The summed E-state index contributed by atoms with van der Waals surface area (Å²) in [5.74, 6) is 1.72. The summed E-state index contributed by atoms with van der Waals surface area (Å²) in [6, 6.07) is 1.99. The molecule has 1 N–H and O–H groups in total. The lowest BCUT2D eigenvalue weighted by atomic mass is 10.2. The third kappa shape index (κ3) is 3.44. The highest BCUT2D eigenvalue weighted by Crippen LogP contribution is 2.17. The van der Waals surface area contributed by atoms with Crippen LogP contribution in [0.2, 0.25) is 0 Å². The van der Waals surface area contributed by atoms with Gasteiger partial charge in [0.25, 0.3) is 0 Å². The summed E-state index contributed by atoms with van der Waals surface area (Å²) >= 11 is 0. The van der Waals surface area contributed by atoms with Crippen LogP contribution in [-0.4, -0.2) is 29.6 Å². The Hall–Kier alpha value is -1.58. The Labute approximate surface area is 103 Å². The zero-order valence-electron chi connectivity index (χ0n) is 10.2. The Morgan fingerprint density at radius 2 is 2.06 bits per heavy atom. The first-order chi connectivity index (χ1) is 8.40. The number of aromatic nitrogens is 2. The van der Waals surface area contributed by atoms with E-state index < -0.39 is 0 Å². The van der Waals surface area contributed by atoms with Crippen molar-refractivity contribution in [3.8, 4) is 0 Å². The third-order valence-electron chi connectivity index (χ3n) is 2.98. The predicted molar refractivity (Wildman–Crippen MR) is 71.4 cm³/mol. The molecule has 2 heterocycles. The van der Waals surface area contributed by atoms with Crippen molar-refractivity contribution < 1.29 is 0 Å². The van der Waals surface area contributed by atoms with Gasteiger partial charge in [0.15, 0.2) is 0 Å². The van der Waals surface area contributed by atoms with E-state index in [2.05, 4.69) is 26.8 Å². The molecule has 0 bridgehead atoms. The lowest BCUT2D eigenvalue weighted by Crippen LogP contribution is -2.25. The average molecular weight is 232 g/mol. The largest absolute Gasteiger partial charge is 0.356 e. The van der Waals surface area contributed by atoms with Gasteiger partial charge in [-0.05, 0) is 18.9 Å². The molecule has 0 amide bonds. The highest BCUT2D eigenvalue weighted by atomic mass is 15.2. The molecule has 1 aliphatic rings. The van der Waals surface area contributed by atoms with Gasteiger partial charge in [-0.25, -0.2) is 4.98 Å². The molecular formula is C13H20N4. The molecule has 92 valence electrons. The molecule has 1 saturated heterocycles. The molecule has 0 atom stereocenters. The molecule has 0 aromatic carbocycles. The molecule has 0 saturated carbocycles. The van der Waals surface area contributed by atoms with E-state index in [0.717, 1.165) is 18.9 Å². The summed E-state index contributed by atoms with van der Waals surface area (Å²) < 4.78 is 0. The summed E-state index contributed by atoms with van der Waals surface area (Å²) in [5, 5.41) is 3.12. The van der Waals surface area contributed by atoms with E-state index in [1.54, 1.807) is 0 Å². The Morgan fingerprint density at radius 1 is 1.29 bits per heavy atom. The second-order valence-electron chi connectivity index (χ2n) is 4.31. The fourth-order valence-corrected chi connectivity index (χ4v) is 2.07. The highest BCUT2D eigenvalue weighted by Gasteiger charge is 2.11. The van der Waals surface area contributed by atoms with Crippen LogP contribution >= 0.6 is 0 Å². The molecule has 4 heteroatoms. The summed E-state index contributed by atoms with van der Waals surface area (Å²) in [6.07, 6.45) is 8.83. The van der Waals surface area contributed by atoms with Crippen molar-refractivity contribution in [2.75, 3.05) is 29.9 Å². The van der Waals surface area contributed by atoms with Gasteiger partial charge in [-0.3, -0.25) is 0 Å². The third-order valence-corrected chi connectivity index (χ3v) is 2.98. The monoisotopic (exact) mass is 232 g/mol. The highest BCUT2D eigenvalue weighted by molar-refractivity contribution is 5.42. The molecule has 0 unspecified atom stereocenters. The van der Waals surface area contributed by atoms with E-state index in [0.29, 0.717) is 12.5 Å². The summed E-state index contributed by atoms with van der Waals surface area (Å²) in [6.45, 7) is 6.59. The predicted octanol–water partition coefficient (Wildman–Crippen LogP) is 2.45. The van der Waals surface area contributed by atoms with E-state index in [1.807, 2.05) is 18.3 Å². The zero-order valence-corrected chi connectivity index (χ0v) is 10.2. The topological polar surface area (TPSA) is 41.1 Å². The molecule has 1 aliphatic heterocycles. The van der Waals surface area contributed by atoms with Crippen LogP contribution in [0.15, 0.2) is 24.9 Å². The lowest BCUT2D eigenvalue weighted by Gasteiger charge is -2.21. The smallest absolute Gasteiger partial charge is 0.224 e. The SMILES string of the molecule is C=CCNc1nccc(N2CCCCCC2)n1. The Balaban J connectivity index is 2.05. The van der Waals surface area contributed by atoms with Crippen molar-refractivity contribution in [2.24, 2.45) is 0 Å². The van der Waals surface area contributed by atoms with Gasteiger partial charge in [0.05, 0.1) is 0 Å². The van der Waals surface area contributed by atoms with Crippen LogP contribution in [-0.2, 0) is 0 Å². The Morgan fingerprint density at radius 3 is 2.76 bits per heavy atom. The van der Waals surface area contributed by atoms with Crippen molar-refractivity contribution in [2.45, 2.75) is 25.7 Å². The van der Waals surface area contributed by atoms with Gasteiger partial charge in [0.2, 0.25) is 5.95 Å². The molecular weight excluding hydrogens is 212 g/mol. The number of nitrogens with one attached hydrogen (secondary N) is 1. The van der Waals surface area contributed by atoms with Gasteiger partial charge in [-0.2, -0.15) is 4.98 Å². The molecule has 0 radical (unpaired) electrons. The number of hydrogen-bond donors (Lipinski definition) is 1. The maximum absolute atomic E-state index is 4.53. The first-order valence-electron chi connectivity index (χ1n) is 6.33. The number of hydrogen-bond acceptors (Lipinski definition) is 4. The van der Waals surface area contributed by atoms with Crippen LogP contribution in [0.25, 0.3) is 0 Å². The lowest BCUT2D eigenvalue weighted by molar-refractivity contribution is 0.726. The minimum absolute atomic E-state index is 0.687. The molecule has 2 rings (SSSR count). The molecule has 4 nitrogen and oxygen atoms in total. The minimum Gasteiger partial charge on any atom is -0.356 e. The van der Waals surface area contributed by atoms with Gasteiger partial charge in [-0.1, -0.05) is 18.9 Å². The second kappa shape index (κ2) is 6.23. The number of nitrogens with zero attached hydrogens (tertiary/aromatic N) is 3. The normalized spacial score (nSPS) is 16.4. The van der Waals surface area contributed by atoms with Gasteiger partial charge >= 0.3 is 0 Å². The Bertz CT molecular complexity index is 356. The van der Waals surface area contributed by atoms with Crippen LogP contribution in [0.5, 0.6) is 0 Å². The standard InChI is InChI=1S/C13H20N4/c1-2-8-14-13-15-9-7-12(16-13)17-10-5-3-4-6-11-17/h2,7,9H,1,3-6,8,10-11H2,(H,14,15,16). The van der Waals surface area contributed by atoms with Crippen molar-refractivity contribution in [1.29, 1.82) is 0 Å². The van der Waals surface area contributed by atoms with Crippen LogP contribution in [0.1, 0.15) is 25.7 Å². The van der Waals surface area contributed by atoms with Gasteiger partial charge in [0.1, 0.15) is 5.82 Å². The molecule has 17 heavy (non-hydrogen) atoms. The van der Waals surface area contributed by atoms with E-state index >= 15 is 0 Å². The summed E-state index contributed by atoms with van der Waals surface area (Å²) in [4.78, 5) is 11.1. The minimum atomic E-state index is 0.687. The fraction of sp³-hybridized carbons (Fsp3) is 0.538. The number of rotatable bonds is 4. The maximum atomic E-state index is 4.53. The zero-order chi connectivity index (χ0) is 11.9. The second-order valence-corrected chi connectivity index (χ2v) is 4.31. The van der Waals surface area contributed by atoms with E-state index in [4.69, 9.17) is 0 Å². The number of anilines is 2. The van der Waals surface area contributed by atoms with Crippen molar-refractivity contribution in [1.82, 2.24) is 9.97 Å². The van der Waals surface area contributed by atoms with Crippen LogP contribution in [0.4, 0.5) is 11.8 Å². The van der Waals surface area contributed by atoms with Crippen LogP contribution < -0.4 is 10.2 Å². The van der Waals surface area contributed by atoms with E-state index in [9.17, 15) is 0 Å². The Kier molecular flexibility index (Phi) is 4.36.